The van der Waals surface area contributed by atoms with Gasteiger partial charge in [0.25, 0.3) is 0 Å². The Morgan fingerprint density at radius 1 is 0.609 bits per heavy atom. The molecule has 0 spiro atoms. The monoisotopic (exact) mass is 496 g/mol. The normalized spacial score (nSPS) is 11.5. The minimum atomic E-state index is -1.82. The highest BCUT2D eigenvalue weighted by atomic mass is 79.9. The molecule has 1 radical (unpaired) electrons. The average molecular weight is 499 g/mol. The predicted molar refractivity (Wildman–Crippen MR) is 96.4 cm³/mol. The quantitative estimate of drug-likeness (QED) is 0.483. The van der Waals surface area contributed by atoms with Crippen LogP contribution in [0.4, 0.5) is 0 Å². The predicted octanol–water partition coefficient (Wildman–Crippen LogP) is 4.88. The fraction of sp³-hybridized carbons (Fsp3) is 0.0625. The molecule has 4 nitrogen and oxygen atoms in total. The van der Waals surface area contributed by atoms with E-state index in [0.717, 1.165) is 0 Å². The zero-order valence-electron chi connectivity index (χ0n) is 11.6. The molecule has 3 aromatic rings. The lowest BCUT2D eigenvalue weighted by Crippen LogP contribution is -2.31. The minimum absolute atomic E-state index is 0.322. The lowest BCUT2D eigenvalue weighted by Gasteiger charge is -2.24. The molecule has 0 amide bonds. The van der Waals surface area contributed by atoms with E-state index in [0.29, 0.717) is 30.9 Å². The molecule has 0 fully saturated rings. The van der Waals surface area contributed by atoms with Gasteiger partial charge in [0, 0.05) is 0 Å². The topological polar surface area (TPSA) is 58.6 Å². The number of aromatic nitrogens is 3. The van der Waals surface area contributed by atoms with Crippen molar-refractivity contribution >= 4 is 47.8 Å². The van der Waals surface area contributed by atoms with Gasteiger partial charge in [-0.1, -0.05) is 18.2 Å². The molecule has 7 heteroatoms. The number of rotatable bonds is 3. The molecule has 0 atom stereocenters. The maximum atomic E-state index is 13.9. The summed E-state index contributed by atoms with van der Waals surface area (Å²) in [6.07, 6.45) is 0. The van der Waals surface area contributed by atoms with Crippen LogP contribution in [0.25, 0.3) is 0 Å². The van der Waals surface area contributed by atoms with Gasteiger partial charge in [-0.05, 0) is 84.2 Å². The Kier molecular flexibility index (Phi) is 4.91. The third-order valence-corrected chi connectivity index (χ3v) is 4.55. The first kappa shape index (κ1) is 16.7. The zero-order chi connectivity index (χ0) is 16.4. The summed E-state index contributed by atoms with van der Waals surface area (Å²) in [5, 5.41) is 13.9. The van der Waals surface area contributed by atoms with Crippen LogP contribution in [0.1, 0.15) is 17.1 Å². The number of halogens is 3. The summed E-state index contributed by atoms with van der Waals surface area (Å²) in [5.41, 5.74) is -0.855. The van der Waals surface area contributed by atoms with Gasteiger partial charge in [0.2, 0.25) is 5.60 Å². The molecular weight excluding hydrogens is 490 g/mol. The molecule has 3 aromatic heterocycles. The summed E-state index contributed by atoms with van der Waals surface area (Å²) in [7, 11) is 0. The SMILES string of the molecule is [O]C(c1cccc(Br)n1)(c1cccc(Br)n1)c1cccc(Br)n1. The molecule has 0 aliphatic rings. The van der Waals surface area contributed by atoms with Gasteiger partial charge in [0.15, 0.2) is 0 Å². The first-order valence-electron chi connectivity index (χ1n) is 6.59. The first-order chi connectivity index (χ1) is 11.0. The molecule has 3 heterocycles. The Hall–Kier alpha value is -1.15. The molecule has 0 aliphatic heterocycles. The summed E-state index contributed by atoms with van der Waals surface area (Å²) < 4.78 is 1.75. The van der Waals surface area contributed by atoms with E-state index in [1.807, 2.05) is 0 Å². The van der Waals surface area contributed by atoms with Crippen molar-refractivity contribution in [2.75, 3.05) is 0 Å². The van der Waals surface area contributed by atoms with E-state index in [9.17, 15) is 5.11 Å². The van der Waals surface area contributed by atoms with Gasteiger partial charge in [-0.2, -0.15) is 0 Å². The van der Waals surface area contributed by atoms with Crippen LogP contribution in [0.2, 0.25) is 0 Å². The molecule has 0 bridgehead atoms. The largest absolute Gasteiger partial charge is 0.242 e. The van der Waals surface area contributed by atoms with E-state index >= 15 is 0 Å². The van der Waals surface area contributed by atoms with Crippen LogP contribution in [0.15, 0.2) is 68.4 Å². The highest BCUT2D eigenvalue weighted by Gasteiger charge is 2.41. The summed E-state index contributed by atoms with van der Waals surface area (Å²) in [6.45, 7) is 0. The maximum absolute atomic E-state index is 13.9. The Balaban J connectivity index is 2.29. The van der Waals surface area contributed by atoms with Crippen molar-refractivity contribution in [2.45, 2.75) is 5.60 Å². The fourth-order valence-corrected chi connectivity index (χ4v) is 3.24. The molecule has 0 saturated heterocycles. The van der Waals surface area contributed by atoms with Crippen molar-refractivity contribution in [3.8, 4) is 0 Å². The number of hydrogen-bond acceptors (Lipinski definition) is 3. The molecule has 0 aliphatic carbocycles. The Morgan fingerprint density at radius 3 is 1.17 bits per heavy atom. The van der Waals surface area contributed by atoms with E-state index in [-0.39, 0.29) is 0 Å². The van der Waals surface area contributed by atoms with Crippen molar-refractivity contribution in [2.24, 2.45) is 0 Å². The van der Waals surface area contributed by atoms with E-state index in [1.54, 1.807) is 54.6 Å². The molecule has 3 rings (SSSR count). The van der Waals surface area contributed by atoms with Crippen molar-refractivity contribution in [1.29, 1.82) is 0 Å². The lowest BCUT2D eigenvalue weighted by atomic mass is 9.90. The van der Waals surface area contributed by atoms with Crippen LogP contribution in [-0.4, -0.2) is 15.0 Å². The highest BCUT2D eigenvalue weighted by Crippen LogP contribution is 2.35. The summed E-state index contributed by atoms with van der Waals surface area (Å²) in [5.74, 6) is 0. The van der Waals surface area contributed by atoms with Crippen LogP contribution in [0.3, 0.4) is 0 Å². The van der Waals surface area contributed by atoms with E-state index < -0.39 is 5.60 Å². The second-order valence-electron chi connectivity index (χ2n) is 4.72. The fourth-order valence-electron chi connectivity index (χ4n) is 2.21. The lowest BCUT2D eigenvalue weighted by molar-refractivity contribution is 0.0292. The van der Waals surface area contributed by atoms with Crippen LogP contribution in [0, 0.1) is 0 Å². The zero-order valence-corrected chi connectivity index (χ0v) is 16.3. The van der Waals surface area contributed by atoms with Gasteiger partial charge in [-0.3, -0.25) is 0 Å². The third-order valence-electron chi connectivity index (χ3n) is 3.23. The summed E-state index contributed by atoms with van der Waals surface area (Å²) >= 11 is 9.96. The van der Waals surface area contributed by atoms with E-state index in [4.69, 9.17) is 0 Å². The van der Waals surface area contributed by atoms with Crippen LogP contribution in [-0.2, 0) is 10.7 Å². The first-order valence-corrected chi connectivity index (χ1v) is 8.97. The van der Waals surface area contributed by atoms with E-state index in [1.165, 1.54) is 0 Å². The minimum Gasteiger partial charge on any atom is -0.242 e. The maximum Gasteiger partial charge on any atom is 0.229 e. The van der Waals surface area contributed by atoms with Crippen molar-refractivity contribution in [3.63, 3.8) is 0 Å². The summed E-state index contributed by atoms with van der Waals surface area (Å²) in [4.78, 5) is 13.1. The van der Waals surface area contributed by atoms with Crippen LogP contribution >= 0.6 is 47.8 Å². The van der Waals surface area contributed by atoms with Crippen LogP contribution in [0.5, 0.6) is 0 Å². The van der Waals surface area contributed by atoms with Gasteiger partial charge < -0.3 is 0 Å². The second-order valence-corrected chi connectivity index (χ2v) is 7.16. The molecule has 0 saturated carbocycles. The number of nitrogens with zero attached hydrogens (tertiary/aromatic N) is 3. The van der Waals surface area contributed by atoms with Gasteiger partial charge in [0.1, 0.15) is 13.8 Å². The van der Waals surface area contributed by atoms with E-state index in [2.05, 4.69) is 62.7 Å². The van der Waals surface area contributed by atoms with Crippen molar-refractivity contribution in [1.82, 2.24) is 15.0 Å². The average Bonchev–Trinajstić information content (AvgIpc) is 2.54. The molecular formula is C16H9Br3N3O. The summed E-state index contributed by atoms with van der Waals surface area (Å²) in [6, 6.07) is 15.7. The Labute approximate surface area is 158 Å². The second kappa shape index (κ2) is 6.76. The smallest absolute Gasteiger partial charge is 0.229 e. The van der Waals surface area contributed by atoms with Crippen molar-refractivity contribution < 1.29 is 5.11 Å². The molecule has 0 N–H and O–H groups in total. The highest BCUT2D eigenvalue weighted by molar-refractivity contribution is 9.11. The number of hydrogen-bond donors (Lipinski definition) is 0. The van der Waals surface area contributed by atoms with Gasteiger partial charge in [-0.25, -0.2) is 20.1 Å². The van der Waals surface area contributed by atoms with Gasteiger partial charge in [0.05, 0.1) is 17.1 Å². The Morgan fingerprint density at radius 2 is 0.913 bits per heavy atom. The molecule has 0 unspecified atom stereocenters. The molecule has 0 aromatic carbocycles. The standard InChI is InChI=1S/C16H9Br3N3O/c17-13-7-1-4-10(20-13)16(23,11-5-2-8-14(18)21-11)12-6-3-9-15(19)22-12/h1-9H. The number of pyridine rings is 3. The van der Waals surface area contributed by atoms with Gasteiger partial charge >= 0.3 is 0 Å². The van der Waals surface area contributed by atoms with Crippen LogP contribution < -0.4 is 0 Å². The van der Waals surface area contributed by atoms with Gasteiger partial charge in [-0.15, -0.1) is 0 Å². The third kappa shape index (κ3) is 3.38. The van der Waals surface area contributed by atoms with Crippen molar-refractivity contribution in [3.05, 3.63) is 85.5 Å². The molecule has 115 valence electrons. The Bertz CT molecular complexity index is 746. The molecule has 23 heavy (non-hydrogen) atoms.